The third-order valence-corrected chi connectivity index (χ3v) is 15.8. The van der Waals surface area contributed by atoms with Gasteiger partial charge in [-0.3, -0.25) is 19.3 Å². The molecule has 1 aromatic rings. The lowest BCUT2D eigenvalue weighted by atomic mass is 9.33. The van der Waals surface area contributed by atoms with Gasteiger partial charge in [0.25, 0.3) is 11.8 Å². The number of carbonyl (C=O) groups excluding carboxylic acids is 3. The lowest BCUT2D eigenvalue weighted by molar-refractivity contribution is -0.217. The van der Waals surface area contributed by atoms with Crippen LogP contribution in [0.25, 0.3) is 0 Å². The normalized spacial score (nSPS) is 42.9. The maximum atomic E-state index is 14.3. The third-order valence-electron chi connectivity index (χ3n) is 15.8. The molecule has 6 aliphatic rings. The Morgan fingerprint density at radius 1 is 0.896 bits per heavy atom. The van der Waals surface area contributed by atoms with Gasteiger partial charge in [0.05, 0.1) is 35.9 Å². The van der Waals surface area contributed by atoms with Crippen molar-refractivity contribution in [1.82, 2.24) is 4.90 Å². The summed E-state index contributed by atoms with van der Waals surface area (Å²) in [5.74, 6) is 0.215. The first-order valence-electron chi connectivity index (χ1n) is 18.7. The van der Waals surface area contributed by atoms with E-state index < -0.39 is 16.9 Å². The maximum absolute atomic E-state index is 14.3. The Hall–Kier alpha value is -2.51. The van der Waals surface area contributed by atoms with E-state index in [0.717, 1.165) is 64.2 Å². The smallest absolute Gasteiger partial charge is 0.312 e. The van der Waals surface area contributed by atoms with Gasteiger partial charge in [-0.05, 0) is 122 Å². The molecule has 7 heteroatoms. The summed E-state index contributed by atoms with van der Waals surface area (Å²) in [6, 6.07) is 6.92. The number of rotatable bonds is 6. The second-order valence-electron chi connectivity index (χ2n) is 18.4. The van der Waals surface area contributed by atoms with Crippen molar-refractivity contribution in [3.8, 4) is 0 Å². The van der Waals surface area contributed by atoms with E-state index in [1.165, 1.54) is 10.5 Å². The summed E-state index contributed by atoms with van der Waals surface area (Å²) >= 11 is 0. The standard InChI is InChI=1S/C41H57NO6/c1-36(2)18-20-41(35(47)48-23-9-22-42-33(45)26-10-7-8-11-27(26)34(42)46)21-19-39(5)28(29(41)24-36)12-13-31-37(3)16-15-32(44)38(4,25-43)30(37)14-17-40(31,39)6/h7-8,10-12,29-32,43-44H,9,13-25H2,1-6H3/t29-,30+,31+,32-,37-,38-,39+,40+,41-/m0/s1. The molecule has 0 radical (unpaired) electrons. The number of hydrogen-bond acceptors (Lipinski definition) is 6. The highest BCUT2D eigenvalue weighted by Crippen LogP contribution is 2.75. The Morgan fingerprint density at radius 3 is 2.23 bits per heavy atom. The molecular weight excluding hydrogens is 602 g/mol. The quantitative estimate of drug-likeness (QED) is 0.143. The van der Waals surface area contributed by atoms with Crippen LogP contribution in [0.3, 0.4) is 0 Å². The summed E-state index contributed by atoms with van der Waals surface area (Å²) in [5, 5.41) is 21.7. The van der Waals surface area contributed by atoms with E-state index in [-0.39, 0.29) is 71.0 Å². The summed E-state index contributed by atoms with van der Waals surface area (Å²) < 4.78 is 6.13. The van der Waals surface area contributed by atoms with Gasteiger partial charge in [0.2, 0.25) is 0 Å². The molecule has 48 heavy (non-hydrogen) atoms. The molecule has 1 aliphatic heterocycles. The minimum Gasteiger partial charge on any atom is -0.465 e. The first-order chi connectivity index (χ1) is 22.6. The molecule has 2 N–H and O–H groups in total. The second-order valence-corrected chi connectivity index (χ2v) is 18.4. The lowest BCUT2D eigenvalue weighted by Gasteiger charge is -2.71. The molecule has 0 unspecified atom stereocenters. The van der Waals surface area contributed by atoms with Crippen molar-refractivity contribution in [2.75, 3.05) is 19.8 Å². The van der Waals surface area contributed by atoms with Crippen molar-refractivity contribution in [2.24, 2.45) is 50.2 Å². The van der Waals surface area contributed by atoms with Crippen LogP contribution >= 0.6 is 0 Å². The number of allylic oxidation sites excluding steroid dienone is 2. The Labute approximate surface area is 286 Å². The molecule has 5 aliphatic carbocycles. The highest BCUT2D eigenvalue weighted by molar-refractivity contribution is 6.21. The van der Waals surface area contributed by atoms with Gasteiger partial charge in [-0.15, -0.1) is 0 Å². The molecule has 9 atom stereocenters. The van der Waals surface area contributed by atoms with Gasteiger partial charge in [0.1, 0.15) is 0 Å². The monoisotopic (exact) mass is 659 g/mol. The molecular formula is C41H57NO6. The van der Waals surface area contributed by atoms with E-state index in [1.807, 2.05) is 0 Å². The van der Waals surface area contributed by atoms with Crippen molar-refractivity contribution >= 4 is 17.8 Å². The Bertz CT molecular complexity index is 1510. The van der Waals surface area contributed by atoms with Gasteiger partial charge in [-0.1, -0.05) is 65.3 Å². The van der Waals surface area contributed by atoms with Gasteiger partial charge in [0, 0.05) is 12.0 Å². The third kappa shape index (κ3) is 4.54. The van der Waals surface area contributed by atoms with Crippen LogP contribution in [0.15, 0.2) is 35.9 Å². The van der Waals surface area contributed by atoms with Crippen LogP contribution in [0, 0.1) is 50.2 Å². The largest absolute Gasteiger partial charge is 0.465 e. The van der Waals surface area contributed by atoms with E-state index in [4.69, 9.17) is 4.74 Å². The van der Waals surface area contributed by atoms with Crippen LogP contribution in [-0.2, 0) is 9.53 Å². The number of nitrogens with zero attached hydrogens (tertiary/aromatic N) is 1. The lowest BCUT2D eigenvalue weighted by Crippen LogP contribution is -2.66. The number of aliphatic hydroxyl groups excluding tert-OH is 2. The summed E-state index contributed by atoms with van der Waals surface area (Å²) in [6.07, 6.45) is 11.8. The molecule has 0 bridgehead atoms. The highest BCUT2D eigenvalue weighted by atomic mass is 16.5. The Morgan fingerprint density at radius 2 is 1.56 bits per heavy atom. The molecule has 0 aromatic heterocycles. The minimum absolute atomic E-state index is 0.0241. The van der Waals surface area contributed by atoms with Crippen molar-refractivity contribution < 1.29 is 29.3 Å². The molecule has 7 rings (SSSR count). The topological polar surface area (TPSA) is 104 Å². The molecule has 4 saturated carbocycles. The number of hydrogen-bond donors (Lipinski definition) is 2. The van der Waals surface area contributed by atoms with E-state index in [2.05, 4.69) is 47.6 Å². The van der Waals surface area contributed by atoms with Crippen LogP contribution in [0.4, 0.5) is 0 Å². The predicted octanol–water partition coefficient (Wildman–Crippen LogP) is 7.35. The molecule has 7 nitrogen and oxygen atoms in total. The van der Waals surface area contributed by atoms with Crippen LogP contribution in [0.2, 0.25) is 0 Å². The Kier molecular flexibility index (Phi) is 7.96. The van der Waals surface area contributed by atoms with Crippen LogP contribution in [0.1, 0.15) is 133 Å². The van der Waals surface area contributed by atoms with Gasteiger partial charge >= 0.3 is 5.97 Å². The van der Waals surface area contributed by atoms with Crippen molar-refractivity contribution in [1.29, 1.82) is 0 Å². The molecule has 0 spiro atoms. The molecule has 4 fully saturated rings. The molecule has 2 amide bonds. The number of aliphatic hydroxyl groups is 2. The number of amides is 2. The zero-order valence-electron chi connectivity index (χ0n) is 30.1. The number of carbonyl (C=O) groups is 3. The number of fused-ring (bicyclic) bond motifs is 8. The van der Waals surface area contributed by atoms with E-state index in [1.54, 1.807) is 24.3 Å². The van der Waals surface area contributed by atoms with Crippen LogP contribution in [-0.4, -0.2) is 58.8 Å². The van der Waals surface area contributed by atoms with Crippen LogP contribution < -0.4 is 0 Å². The van der Waals surface area contributed by atoms with Gasteiger partial charge in [-0.2, -0.15) is 0 Å². The summed E-state index contributed by atoms with van der Waals surface area (Å²) in [7, 11) is 0. The maximum Gasteiger partial charge on any atom is 0.312 e. The average Bonchev–Trinajstić information content (AvgIpc) is 3.29. The molecule has 1 heterocycles. The number of ether oxygens (including phenoxy) is 1. The number of esters is 1. The average molecular weight is 660 g/mol. The fourth-order valence-electron chi connectivity index (χ4n) is 12.6. The Balaban J connectivity index is 1.12. The van der Waals surface area contributed by atoms with Gasteiger partial charge < -0.3 is 14.9 Å². The van der Waals surface area contributed by atoms with E-state index in [0.29, 0.717) is 23.5 Å². The van der Waals surface area contributed by atoms with Gasteiger partial charge in [-0.25, -0.2) is 0 Å². The highest BCUT2D eigenvalue weighted by Gasteiger charge is 2.69. The van der Waals surface area contributed by atoms with E-state index >= 15 is 0 Å². The molecule has 262 valence electrons. The van der Waals surface area contributed by atoms with Crippen molar-refractivity contribution in [3.63, 3.8) is 0 Å². The van der Waals surface area contributed by atoms with Crippen LogP contribution in [0.5, 0.6) is 0 Å². The summed E-state index contributed by atoms with van der Waals surface area (Å²) in [6.45, 7) is 14.7. The number of benzene rings is 1. The molecule has 1 aromatic carbocycles. The first kappa shape index (κ1) is 34.0. The SMILES string of the molecule is CC1(C)CC[C@]2(C(=O)OCCCN3C(=O)c4ccccc4C3=O)CC[C@]3(C)C(=CC[C@@H]4[C@@]5(C)CC[C@H](O)[C@@](C)(CO)[C@@H]5CC[C@]43C)[C@@H]2C1. The first-order valence-corrected chi connectivity index (χ1v) is 18.7. The zero-order chi connectivity index (χ0) is 34.5. The molecule has 0 saturated heterocycles. The minimum atomic E-state index is -0.551. The fraction of sp³-hybridized carbons (Fsp3) is 0.732. The predicted molar refractivity (Wildman–Crippen MR) is 184 cm³/mol. The number of imide groups is 1. The van der Waals surface area contributed by atoms with Gasteiger partial charge in [0.15, 0.2) is 0 Å². The van der Waals surface area contributed by atoms with Crippen molar-refractivity contribution in [3.05, 3.63) is 47.0 Å². The van der Waals surface area contributed by atoms with E-state index in [9.17, 15) is 24.6 Å². The zero-order valence-corrected chi connectivity index (χ0v) is 30.1. The summed E-state index contributed by atoms with van der Waals surface area (Å²) in [4.78, 5) is 41.3. The van der Waals surface area contributed by atoms with Crippen molar-refractivity contribution in [2.45, 2.75) is 118 Å². The fourth-order valence-corrected chi connectivity index (χ4v) is 12.6. The second kappa shape index (κ2) is 11.2. The summed E-state index contributed by atoms with van der Waals surface area (Å²) in [5.41, 5.74) is 1.52.